The average Bonchev–Trinajstić information content (AvgIpc) is 3.22. The highest BCUT2D eigenvalue weighted by Gasteiger charge is 2.33. The van der Waals surface area contributed by atoms with Crippen molar-refractivity contribution >= 4 is 11.9 Å². The van der Waals surface area contributed by atoms with Crippen LogP contribution in [0.2, 0.25) is 0 Å². The van der Waals surface area contributed by atoms with Crippen molar-refractivity contribution in [2.24, 2.45) is 0 Å². The molecule has 3 aromatic rings. The Balaban J connectivity index is 1.45. The predicted octanol–water partition coefficient (Wildman–Crippen LogP) is 11.1. The van der Waals surface area contributed by atoms with Gasteiger partial charge in [-0.25, -0.2) is 0 Å². The second-order valence-electron chi connectivity index (χ2n) is 15.7. The van der Waals surface area contributed by atoms with E-state index in [0.29, 0.717) is 25.8 Å². The van der Waals surface area contributed by atoms with Crippen LogP contribution in [-0.2, 0) is 32.2 Å². The molecule has 0 spiro atoms. The molecule has 1 aliphatic rings. The smallest absolute Gasteiger partial charge is 0.303 e. The van der Waals surface area contributed by atoms with Crippen molar-refractivity contribution in [1.29, 1.82) is 0 Å². The van der Waals surface area contributed by atoms with Gasteiger partial charge in [0, 0.05) is 37.9 Å². The normalized spacial score (nSPS) is 17.0. The number of hydrogen-bond donors (Lipinski definition) is 3. The second kappa shape index (κ2) is 26.4. The molecule has 1 saturated heterocycles. The van der Waals surface area contributed by atoms with Gasteiger partial charge < -0.3 is 29.9 Å². The van der Waals surface area contributed by atoms with E-state index in [9.17, 15) is 14.7 Å². The quantitative estimate of drug-likeness (QED) is 0.0631. The Bertz CT molecular complexity index is 1530. The van der Waals surface area contributed by atoms with Gasteiger partial charge in [0.1, 0.15) is 0 Å². The summed E-state index contributed by atoms with van der Waals surface area (Å²) in [5, 5.41) is 21.5. The molecule has 56 heavy (non-hydrogen) atoms. The summed E-state index contributed by atoms with van der Waals surface area (Å²) in [6, 6.07) is 24.8. The number of rotatable bonds is 28. The van der Waals surface area contributed by atoms with E-state index in [-0.39, 0.29) is 31.1 Å². The number of ether oxygens (including phenoxy) is 2. The van der Waals surface area contributed by atoms with Crippen molar-refractivity contribution in [2.45, 2.75) is 161 Å². The van der Waals surface area contributed by atoms with E-state index in [2.05, 4.69) is 72.6 Å². The van der Waals surface area contributed by atoms with E-state index in [0.717, 1.165) is 65.9 Å². The van der Waals surface area contributed by atoms with Gasteiger partial charge in [-0.05, 0) is 78.7 Å². The molecule has 1 aliphatic heterocycles. The first kappa shape index (κ1) is 45.1. The van der Waals surface area contributed by atoms with Crippen LogP contribution in [0.5, 0.6) is 0 Å². The zero-order valence-corrected chi connectivity index (χ0v) is 34.4. The van der Waals surface area contributed by atoms with E-state index in [1.54, 1.807) is 0 Å². The molecule has 0 saturated carbocycles. The minimum Gasteiger partial charge on any atom is -0.481 e. The molecule has 1 amide bonds. The molecule has 3 atom stereocenters. The fourth-order valence-electron chi connectivity index (χ4n) is 7.60. The van der Waals surface area contributed by atoms with Crippen LogP contribution >= 0.6 is 0 Å². The predicted molar refractivity (Wildman–Crippen MR) is 226 cm³/mol. The Hall–Kier alpha value is -3.56. The number of aliphatic carboxylic acids is 1. The Morgan fingerprint density at radius 1 is 0.679 bits per heavy atom. The lowest BCUT2D eigenvalue weighted by atomic mass is 9.98. The van der Waals surface area contributed by atoms with Crippen molar-refractivity contribution in [3.05, 3.63) is 95.1 Å². The van der Waals surface area contributed by atoms with Crippen LogP contribution in [0.4, 0.5) is 0 Å². The molecule has 0 bridgehead atoms. The number of nitrogens with zero attached hydrogens (tertiary/aromatic N) is 1. The maximum Gasteiger partial charge on any atom is 0.303 e. The molecule has 8 nitrogen and oxygen atoms in total. The number of unbranched alkanes of at least 4 members (excludes halogenated alkanes) is 12. The van der Waals surface area contributed by atoms with Gasteiger partial charge in [0.2, 0.25) is 5.91 Å². The topological polar surface area (TPSA) is 108 Å². The molecule has 0 aliphatic carbocycles. The van der Waals surface area contributed by atoms with Gasteiger partial charge >= 0.3 is 5.97 Å². The third-order valence-electron chi connectivity index (χ3n) is 10.9. The Labute approximate surface area is 337 Å². The summed E-state index contributed by atoms with van der Waals surface area (Å²) in [5.41, 5.74) is 6.09. The summed E-state index contributed by atoms with van der Waals surface area (Å²) in [6.07, 6.45) is 18.1. The van der Waals surface area contributed by atoms with Crippen LogP contribution in [0, 0.1) is 0 Å². The lowest BCUT2D eigenvalue weighted by Crippen LogP contribution is -2.40. The van der Waals surface area contributed by atoms with Gasteiger partial charge in [-0.2, -0.15) is 0 Å². The molecular weight excluding hydrogens is 701 g/mol. The Kier molecular flexibility index (Phi) is 21.3. The highest BCUT2D eigenvalue weighted by atomic mass is 16.7. The Morgan fingerprint density at radius 2 is 1.29 bits per heavy atom. The van der Waals surface area contributed by atoms with Crippen LogP contribution < -0.4 is 5.32 Å². The van der Waals surface area contributed by atoms with Gasteiger partial charge in [0.05, 0.1) is 18.8 Å². The molecule has 0 aromatic heterocycles. The fraction of sp³-hybridized carbons (Fsp3) is 0.583. The van der Waals surface area contributed by atoms with Crippen molar-refractivity contribution in [3.63, 3.8) is 0 Å². The van der Waals surface area contributed by atoms with Crippen LogP contribution in [-0.4, -0.2) is 52.7 Å². The number of amides is 1. The average molecular weight is 771 g/mol. The molecule has 1 heterocycles. The van der Waals surface area contributed by atoms with Gasteiger partial charge in [-0.15, -0.1) is 0 Å². The molecule has 3 aromatic carbocycles. The SMILES string of the molecule is CCCCCCCCN(CCCCCCCC)CC1CC(c2ccc(CO)cc2)OC(c2cccc(-c3cccc(CNC(=O)CCCCCC(=O)O)c3)c2)O1. The first-order valence-electron chi connectivity index (χ1n) is 21.8. The van der Waals surface area contributed by atoms with E-state index in [4.69, 9.17) is 14.6 Å². The number of hydrogen-bond acceptors (Lipinski definition) is 6. The molecule has 308 valence electrons. The van der Waals surface area contributed by atoms with E-state index >= 15 is 0 Å². The van der Waals surface area contributed by atoms with Crippen molar-refractivity contribution in [3.8, 4) is 11.1 Å². The highest BCUT2D eigenvalue weighted by Crippen LogP contribution is 2.39. The number of nitrogens with one attached hydrogen (secondary N) is 1. The first-order valence-corrected chi connectivity index (χ1v) is 21.8. The standard InChI is InChI=1S/C48H70N2O6/c1-3-5-7-9-11-16-30-50(31-17-12-10-8-6-4-2)36-44-34-45(40-28-26-38(37-51)27-29-40)56-48(55-44)43-23-19-22-42(33-43)41-21-18-20-39(32-41)35-49-46(52)24-14-13-15-25-47(53)54/h18-23,26-29,32-33,44-45,48,51H,3-17,24-25,30-31,34-37H2,1-2H3,(H,49,52)(H,53,54). The summed E-state index contributed by atoms with van der Waals surface area (Å²) in [7, 11) is 0. The van der Waals surface area contributed by atoms with E-state index in [1.165, 1.54) is 77.0 Å². The third kappa shape index (κ3) is 16.9. The number of carboxylic acids is 1. The number of aliphatic hydroxyl groups is 1. The van der Waals surface area contributed by atoms with Crippen molar-refractivity contribution < 1.29 is 29.3 Å². The summed E-state index contributed by atoms with van der Waals surface area (Å²) < 4.78 is 13.7. The molecule has 8 heteroatoms. The maximum atomic E-state index is 12.5. The molecule has 4 rings (SSSR count). The molecule has 0 radical (unpaired) electrons. The lowest BCUT2D eigenvalue weighted by molar-refractivity contribution is -0.253. The van der Waals surface area contributed by atoms with E-state index < -0.39 is 12.3 Å². The fourth-order valence-corrected chi connectivity index (χ4v) is 7.60. The van der Waals surface area contributed by atoms with Crippen LogP contribution in [0.25, 0.3) is 11.1 Å². The minimum absolute atomic E-state index is 0.00390. The number of carbonyl (C=O) groups is 2. The van der Waals surface area contributed by atoms with Crippen molar-refractivity contribution in [1.82, 2.24) is 10.2 Å². The summed E-state index contributed by atoms with van der Waals surface area (Å²) >= 11 is 0. The van der Waals surface area contributed by atoms with Gasteiger partial charge in [0.25, 0.3) is 0 Å². The number of aliphatic hydroxyl groups excluding tert-OH is 1. The molecule has 3 N–H and O–H groups in total. The summed E-state index contributed by atoms with van der Waals surface area (Å²) in [5.74, 6) is -0.816. The number of benzene rings is 3. The maximum absolute atomic E-state index is 12.5. The lowest BCUT2D eigenvalue weighted by Gasteiger charge is -2.38. The van der Waals surface area contributed by atoms with Crippen LogP contribution in [0.3, 0.4) is 0 Å². The number of carboxylic acid groups (broad SMARTS) is 1. The third-order valence-corrected chi connectivity index (χ3v) is 10.9. The zero-order valence-electron chi connectivity index (χ0n) is 34.4. The Morgan fingerprint density at radius 3 is 1.95 bits per heavy atom. The minimum atomic E-state index is -0.795. The van der Waals surface area contributed by atoms with Gasteiger partial charge in [-0.1, -0.05) is 145 Å². The summed E-state index contributed by atoms with van der Waals surface area (Å²) in [6.45, 7) is 8.07. The zero-order chi connectivity index (χ0) is 39.8. The largest absolute Gasteiger partial charge is 0.481 e. The van der Waals surface area contributed by atoms with E-state index in [1.807, 2.05) is 24.3 Å². The molecular formula is C48H70N2O6. The monoisotopic (exact) mass is 771 g/mol. The molecule has 3 unspecified atom stereocenters. The second-order valence-corrected chi connectivity index (χ2v) is 15.7. The number of carbonyl (C=O) groups excluding carboxylic acids is 1. The summed E-state index contributed by atoms with van der Waals surface area (Å²) in [4.78, 5) is 25.9. The first-order chi connectivity index (χ1) is 27.4. The van der Waals surface area contributed by atoms with Gasteiger partial charge in [0.15, 0.2) is 6.29 Å². The van der Waals surface area contributed by atoms with Crippen LogP contribution in [0.1, 0.15) is 164 Å². The molecule has 1 fully saturated rings. The van der Waals surface area contributed by atoms with Crippen LogP contribution in [0.15, 0.2) is 72.8 Å². The highest BCUT2D eigenvalue weighted by molar-refractivity contribution is 5.76. The van der Waals surface area contributed by atoms with Gasteiger partial charge in [-0.3, -0.25) is 9.59 Å². The van der Waals surface area contributed by atoms with Crippen molar-refractivity contribution in [2.75, 3.05) is 19.6 Å².